The first-order valence-electron chi connectivity index (χ1n) is 50.8. The van der Waals surface area contributed by atoms with Crippen molar-refractivity contribution in [2.24, 2.45) is 0 Å². The van der Waals surface area contributed by atoms with E-state index in [-0.39, 0.29) is 0 Å². The van der Waals surface area contributed by atoms with Crippen molar-refractivity contribution >= 4 is 114 Å². The SMILES string of the molecule is c1ccc(-c2cc(-c3ccccc3)cc(-c3ccc4c(c3)c3cc(-c5ccccc5)cc5c6cc(-c7ccccc7)ccc6n4c53)c2)cc1.c1ccc(-c2cccc(-c3ccc4c(c3)c3cc(-c5cccc(-c6ccccc6)c5)cc5c6cc(-c7ccccc7)ccc6n4c53)c2)cc1.c1ccc(-c2cccc(-c3cccc(-c4ccc5c(c4)c4cc(-c6ccccc6)cc6c7cc(-c8ccccc8)ccc7n5c64)c3)c2)cc1. The molecule has 0 atom stereocenters. The molecule has 0 spiro atoms. The van der Waals surface area contributed by atoms with Crippen LogP contribution in [0, 0.1) is 0 Å². The zero-order chi connectivity index (χ0) is 96.9. The first-order valence-corrected chi connectivity index (χ1v) is 50.8. The highest BCUT2D eigenvalue weighted by molar-refractivity contribution is 6.29. The summed E-state index contributed by atoms with van der Waals surface area (Å²) >= 11 is 0. The van der Waals surface area contributed by atoms with Gasteiger partial charge in [-0.25, -0.2) is 0 Å². The van der Waals surface area contributed by atoms with E-state index in [9.17, 15) is 0 Å². The van der Waals surface area contributed by atoms with Crippen LogP contribution in [0.5, 0.6) is 0 Å². The fourth-order valence-electron chi connectivity index (χ4n) is 23.2. The highest BCUT2D eigenvalue weighted by atomic mass is 14.9. The van der Waals surface area contributed by atoms with Gasteiger partial charge in [0.1, 0.15) is 0 Å². The number of benzene rings is 24. The minimum absolute atomic E-state index is 1.22. The van der Waals surface area contributed by atoms with Crippen LogP contribution in [-0.4, -0.2) is 13.2 Å². The lowest BCUT2D eigenvalue weighted by Crippen LogP contribution is -1.87. The van der Waals surface area contributed by atoms with E-state index in [4.69, 9.17) is 0 Å². The van der Waals surface area contributed by atoms with Crippen LogP contribution in [0.1, 0.15) is 0 Å². The zero-order valence-electron chi connectivity index (χ0n) is 80.5. The second kappa shape index (κ2) is 36.0. The lowest BCUT2D eigenvalue weighted by molar-refractivity contribution is 1.37. The average molecular weight is 1870 g/mol. The molecule has 0 aliphatic rings. The molecule has 147 heavy (non-hydrogen) atoms. The van der Waals surface area contributed by atoms with E-state index in [0.717, 1.165) is 0 Å². The molecular formula is C144H93N3. The number of nitrogens with zero attached hydrogens (tertiary/aromatic N) is 3. The molecule has 0 saturated heterocycles. The minimum atomic E-state index is 1.22. The first kappa shape index (κ1) is 85.6. The maximum absolute atomic E-state index is 2.48. The van der Waals surface area contributed by atoms with Gasteiger partial charge in [0.05, 0.1) is 49.7 Å². The van der Waals surface area contributed by atoms with E-state index >= 15 is 0 Å². The summed E-state index contributed by atoms with van der Waals surface area (Å²) in [7, 11) is 0. The predicted molar refractivity (Wildman–Crippen MR) is 625 cm³/mol. The summed E-state index contributed by atoms with van der Waals surface area (Å²) in [6.45, 7) is 0. The second-order valence-electron chi connectivity index (χ2n) is 38.9. The van der Waals surface area contributed by atoms with Crippen LogP contribution in [-0.2, 0) is 0 Å². The van der Waals surface area contributed by atoms with Crippen molar-refractivity contribution in [2.75, 3.05) is 0 Å². The molecule has 0 aliphatic carbocycles. The Bertz CT molecular complexity index is 10200. The van der Waals surface area contributed by atoms with Crippen LogP contribution in [0.2, 0.25) is 0 Å². The molecule has 0 unspecified atom stereocenters. The molecule has 684 valence electrons. The molecule has 0 saturated carbocycles. The van der Waals surface area contributed by atoms with Crippen LogP contribution in [0.15, 0.2) is 564 Å². The van der Waals surface area contributed by atoms with E-state index in [1.807, 2.05) is 0 Å². The van der Waals surface area contributed by atoms with Crippen LogP contribution in [0.3, 0.4) is 0 Å². The zero-order valence-corrected chi connectivity index (χ0v) is 80.5. The van der Waals surface area contributed by atoms with Crippen molar-refractivity contribution in [1.29, 1.82) is 0 Å². The molecule has 3 heteroatoms. The molecule has 0 N–H and O–H groups in total. The van der Waals surface area contributed by atoms with Crippen LogP contribution >= 0.6 is 0 Å². The van der Waals surface area contributed by atoms with Gasteiger partial charge < -0.3 is 13.2 Å². The number of hydrogen-bond acceptors (Lipinski definition) is 0. The van der Waals surface area contributed by atoms with Crippen molar-refractivity contribution in [3.8, 4) is 167 Å². The lowest BCUT2D eigenvalue weighted by Gasteiger charge is -2.12. The normalized spacial score (nSPS) is 11.7. The molecule has 0 aliphatic heterocycles. The van der Waals surface area contributed by atoms with Crippen molar-refractivity contribution in [2.45, 2.75) is 0 Å². The molecule has 0 bridgehead atoms. The molecule has 0 radical (unpaired) electrons. The van der Waals surface area contributed by atoms with Gasteiger partial charge in [-0.3, -0.25) is 0 Å². The van der Waals surface area contributed by atoms with Gasteiger partial charge in [-0.2, -0.15) is 0 Å². The molecular weight excluding hydrogens is 1770 g/mol. The van der Waals surface area contributed by atoms with Crippen LogP contribution in [0.25, 0.3) is 281 Å². The van der Waals surface area contributed by atoms with Gasteiger partial charge in [0.15, 0.2) is 0 Å². The molecule has 3 nitrogen and oxygen atoms in total. The monoisotopic (exact) mass is 1860 g/mol. The molecule has 0 amide bonds. The quantitative estimate of drug-likeness (QED) is 0.0971. The average Bonchev–Trinajstić information content (AvgIpc) is 1.54. The van der Waals surface area contributed by atoms with Crippen molar-refractivity contribution in [1.82, 2.24) is 13.2 Å². The Morgan fingerprint density at radius 3 is 0.374 bits per heavy atom. The summed E-state index contributed by atoms with van der Waals surface area (Å²) in [6.07, 6.45) is 0. The summed E-state index contributed by atoms with van der Waals surface area (Å²) in [5.41, 5.74) is 48.1. The summed E-state index contributed by atoms with van der Waals surface area (Å²) in [5.74, 6) is 0. The Hall–Kier alpha value is -19.3. The van der Waals surface area contributed by atoms with Gasteiger partial charge in [0, 0.05) is 64.6 Å². The maximum Gasteiger partial charge on any atom is 0.0620 e. The fourth-order valence-corrected chi connectivity index (χ4v) is 23.2. The molecule has 30 rings (SSSR count). The van der Waals surface area contributed by atoms with E-state index in [1.54, 1.807) is 0 Å². The summed E-state index contributed by atoms with van der Waals surface area (Å²) in [6, 6.07) is 206. The molecule has 24 aromatic carbocycles. The van der Waals surface area contributed by atoms with Gasteiger partial charge in [-0.15, -0.1) is 0 Å². The smallest absolute Gasteiger partial charge is 0.0620 e. The predicted octanol–water partition coefficient (Wildman–Crippen LogP) is 39.5. The molecule has 6 heterocycles. The Morgan fingerprint density at radius 2 is 0.184 bits per heavy atom. The standard InChI is InChI=1S/3C48H31N/c1-5-13-32(14-6-1)36-21-23-46-42(28-36)44-30-41(35-19-11-4-12-20-35)31-45-43-29-37(22-24-47(43)49(46)48(44)45)40-26-38(33-15-7-2-8-16-33)25-39(27-40)34-17-9-3-10-18-34;1-4-12-32(13-5-1)35-18-10-20-37(26-35)40-23-25-47-43(29-40)45-31-41(38-21-11-19-36(27-38)33-14-6-2-7-15-33)30-44-42-28-39(34-16-8-3-9-17-34)22-24-46(42)49(47)48(44)45;1-4-12-32(13-5-1)35-18-10-19-36(26-35)37-20-11-21-38(27-37)40-23-25-47-43(29-40)45-31-41(34-16-8-3-9-17-34)30-44-42-28-39(33-14-6-2-7-15-33)22-24-46(42)49(47)48(44)45/h3*1-31H. The van der Waals surface area contributed by atoms with Crippen LogP contribution in [0.4, 0.5) is 0 Å². The van der Waals surface area contributed by atoms with Gasteiger partial charge in [-0.05, 0) is 319 Å². The van der Waals surface area contributed by atoms with Gasteiger partial charge in [0.25, 0.3) is 0 Å². The lowest BCUT2D eigenvalue weighted by atomic mass is 9.92. The van der Waals surface area contributed by atoms with Crippen LogP contribution < -0.4 is 0 Å². The Balaban J connectivity index is 0.000000107. The highest BCUT2D eigenvalue weighted by Crippen LogP contribution is 2.50. The Kier molecular flexibility index (Phi) is 21.0. The largest absolute Gasteiger partial charge is 0.308 e. The third kappa shape index (κ3) is 15.3. The first-order chi connectivity index (χ1) is 72.8. The minimum Gasteiger partial charge on any atom is -0.308 e. The number of aromatic nitrogens is 3. The van der Waals surface area contributed by atoms with Gasteiger partial charge in [-0.1, -0.05) is 413 Å². The third-order valence-electron chi connectivity index (χ3n) is 30.3. The fraction of sp³-hybridized carbons (Fsp3) is 0. The van der Waals surface area contributed by atoms with E-state index in [1.165, 1.54) is 281 Å². The second-order valence-corrected chi connectivity index (χ2v) is 38.9. The Labute approximate surface area is 852 Å². The maximum atomic E-state index is 2.48. The summed E-state index contributed by atoms with van der Waals surface area (Å²) in [5, 5.41) is 15.4. The number of hydrogen-bond donors (Lipinski definition) is 0. The Morgan fingerprint density at radius 1 is 0.0748 bits per heavy atom. The van der Waals surface area contributed by atoms with Gasteiger partial charge >= 0.3 is 0 Å². The van der Waals surface area contributed by atoms with Crippen molar-refractivity contribution in [3.05, 3.63) is 564 Å². The van der Waals surface area contributed by atoms with E-state index in [0.29, 0.717) is 0 Å². The summed E-state index contributed by atoms with van der Waals surface area (Å²) < 4.78 is 7.45. The highest BCUT2D eigenvalue weighted by Gasteiger charge is 2.27. The molecule has 6 aromatic heterocycles. The van der Waals surface area contributed by atoms with E-state index < -0.39 is 0 Å². The van der Waals surface area contributed by atoms with Crippen molar-refractivity contribution in [3.63, 3.8) is 0 Å². The van der Waals surface area contributed by atoms with Gasteiger partial charge in [0.2, 0.25) is 0 Å². The topological polar surface area (TPSA) is 13.2 Å². The summed E-state index contributed by atoms with van der Waals surface area (Å²) in [4.78, 5) is 0. The molecule has 0 fully saturated rings. The third-order valence-corrected chi connectivity index (χ3v) is 30.3. The molecule has 30 aromatic rings. The van der Waals surface area contributed by atoms with E-state index in [2.05, 4.69) is 577 Å². The number of fused-ring (bicyclic) bond motifs is 18. The number of rotatable bonds is 15. The van der Waals surface area contributed by atoms with Crippen molar-refractivity contribution < 1.29 is 0 Å².